The quantitative estimate of drug-likeness (QED) is 0.672. The van der Waals surface area contributed by atoms with E-state index in [1.807, 2.05) is 0 Å². The largest absolute Gasteiger partial charge is 0.504 e. The zero-order valence-electron chi connectivity index (χ0n) is 6.39. The number of phenolic OH excluding ortho intramolecular Hbond substituents is 1. The van der Waals surface area contributed by atoms with Gasteiger partial charge in [0.15, 0.2) is 11.5 Å². The van der Waals surface area contributed by atoms with Gasteiger partial charge in [0.05, 0.1) is 7.11 Å². The Labute approximate surface area is 64.2 Å². The molecule has 60 valence electrons. The fraction of sp³-hybridized carbons (Fsp3) is 0.250. The van der Waals surface area contributed by atoms with Gasteiger partial charge in [-0.3, -0.25) is 0 Å². The Morgan fingerprint density at radius 2 is 2.09 bits per heavy atom. The lowest BCUT2D eigenvalue weighted by Crippen LogP contribution is -1.90. The maximum absolute atomic E-state index is 12.8. The molecule has 0 saturated heterocycles. The van der Waals surface area contributed by atoms with Crippen LogP contribution in [0.5, 0.6) is 11.5 Å². The van der Waals surface area contributed by atoms with Crippen molar-refractivity contribution in [1.29, 1.82) is 0 Å². The summed E-state index contributed by atoms with van der Waals surface area (Å²) < 4.78 is 17.5. The number of hydrogen-bond acceptors (Lipinski definition) is 2. The van der Waals surface area contributed by atoms with E-state index in [0.29, 0.717) is 5.56 Å². The summed E-state index contributed by atoms with van der Waals surface area (Å²) in [5.74, 6) is -0.212. The number of hydrogen-bond donors (Lipinski definition) is 1. The Morgan fingerprint density at radius 1 is 1.45 bits per heavy atom. The zero-order chi connectivity index (χ0) is 8.43. The van der Waals surface area contributed by atoms with Gasteiger partial charge >= 0.3 is 0 Å². The van der Waals surface area contributed by atoms with Crippen LogP contribution in [0.1, 0.15) is 5.56 Å². The molecule has 0 aliphatic rings. The van der Waals surface area contributed by atoms with Crippen molar-refractivity contribution in [2.75, 3.05) is 7.11 Å². The van der Waals surface area contributed by atoms with Crippen LogP contribution in [0, 0.1) is 12.7 Å². The number of aromatic hydroxyl groups is 1. The maximum atomic E-state index is 12.8. The van der Waals surface area contributed by atoms with Gasteiger partial charge in [-0.15, -0.1) is 0 Å². The molecule has 1 rings (SSSR count). The maximum Gasteiger partial charge on any atom is 0.166 e. The molecule has 0 bridgehead atoms. The molecule has 11 heavy (non-hydrogen) atoms. The predicted octanol–water partition coefficient (Wildman–Crippen LogP) is 1.85. The lowest BCUT2D eigenvalue weighted by Gasteiger charge is -2.06. The van der Waals surface area contributed by atoms with E-state index in [1.54, 1.807) is 6.92 Å². The second kappa shape index (κ2) is 2.78. The minimum Gasteiger partial charge on any atom is -0.504 e. The predicted molar refractivity (Wildman–Crippen MR) is 39.4 cm³/mol. The average Bonchev–Trinajstić information content (AvgIpc) is 1.99. The summed E-state index contributed by atoms with van der Waals surface area (Å²) in [6.07, 6.45) is 0. The fourth-order valence-corrected chi connectivity index (χ4v) is 0.911. The van der Waals surface area contributed by atoms with E-state index >= 15 is 0 Å². The molecule has 0 aliphatic heterocycles. The molecule has 0 aliphatic carbocycles. The van der Waals surface area contributed by atoms with Gasteiger partial charge in [0.2, 0.25) is 0 Å². The van der Waals surface area contributed by atoms with Crippen molar-refractivity contribution in [3.05, 3.63) is 23.5 Å². The molecule has 2 nitrogen and oxygen atoms in total. The van der Waals surface area contributed by atoms with Crippen LogP contribution in [0.2, 0.25) is 0 Å². The van der Waals surface area contributed by atoms with E-state index in [1.165, 1.54) is 19.2 Å². The minimum atomic E-state index is -0.375. The van der Waals surface area contributed by atoms with Crippen LogP contribution in [0.3, 0.4) is 0 Å². The highest BCUT2D eigenvalue weighted by molar-refractivity contribution is 5.45. The molecule has 0 aromatic heterocycles. The topological polar surface area (TPSA) is 29.5 Å². The highest BCUT2D eigenvalue weighted by Gasteiger charge is 2.08. The van der Waals surface area contributed by atoms with Crippen LogP contribution >= 0.6 is 0 Å². The van der Waals surface area contributed by atoms with Crippen LogP contribution in [0.15, 0.2) is 12.1 Å². The summed E-state index contributed by atoms with van der Waals surface area (Å²) >= 11 is 0. The highest BCUT2D eigenvalue weighted by atomic mass is 19.1. The van der Waals surface area contributed by atoms with Gasteiger partial charge in [0, 0.05) is 5.56 Å². The van der Waals surface area contributed by atoms with Gasteiger partial charge in [-0.2, -0.15) is 0 Å². The first-order chi connectivity index (χ1) is 5.16. The molecule has 0 unspecified atom stereocenters. The molecule has 0 heterocycles. The van der Waals surface area contributed by atoms with Crippen LogP contribution < -0.4 is 4.74 Å². The third-order valence-electron chi connectivity index (χ3n) is 1.52. The van der Waals surface area contributed by atoms with E-state index in [0.717, 1.165) is 0 Å². The Balaban J connectivity index is 3.29. The fourth-order valence-electron chi connectivity index (χ4n) is 0.911. The van der Waals surface area contributed by atoms with E-state index in [-0.39, 0.29) is 17.3 Å². The molecule has 1 aromatic rings. The molecular formula is C8H9FO2. The molecule has 3 heteroatoms. The second-order valence-electron chi connectivity index (χ2n) is 2.22. The molecule has 0 fully saturated rings. The smallest absolute Gasteiger partial charge is 0.166 e. The van der Waals surface area contributed by atoms with E-state index in [4.69, 9.17) is 9.84 Å². The van der Waals surface area contributed by atoms with Crippen molar-refractivity contribution >= 4 is 0 Å². The average molecular weight is 156 g/mol. The zero-order valence-corrected chi connectivity index (χ0v) is 6.39. The Morgan fingerprint density at radius 3 is 2.55 bits per heavy atom. The number of rotatable bonds is 1. The lowest BCUT2D eigenvalue weighted by molar-refractivity contribution is 0.367. The van der Waals surface area contributed by atoms with Gasteiger partial charge < -0.3 is 9.84 Å². The number of benzene rings is 1. The summed E-state index contributed by atoms with van der Waals surface area (Å²) in [6.45, 7) is 1.55. The van der Waals surface area contributed by atoms with Crippen molar-refractivity contribution < 1.29 is 14.2 Å². The third kappa shape index (κ3) is 1.27. The Hall–Kier alpha value is -1.25. The second-order valence-corrected chi connectivity index (χ2v) is 2.22. The van der Waals surface area contributed by atoms with Crippen LogP contribution in [0.4, 0.5) is 4.39 Å². The van der Waals surface area contributed by atoms with Gasteiger partial charge in [-0.1, -0.05) is 0 Å². The summed E-state index contributed by atoms with van der Waals surface area (Å²) in [4.78, 5) is 0. The van der Waals surface area contributed by atoms with E-state index < -0.39 is 0 Å². The van der Waals surface area contributed by atoms with Gasteiger partial charge in [-0.25, -0.2) is 4.39 Å². The van der Waals surface area contributed by atoms with Crippen molar-refractivity contribution in [1.82, 2.24) is 0 Å². The highest BCUT2D eigenvalue weighted by Crippen LogP contribution is 2.30. The summed E-state index contributed by atoms with van der Waals surface area (Å²) in [7, 11) is 1.39. The molecule has 0 spiro atoms. The Bertz CT molecular complexity index is 271. The minimum absolute atomic E-state index is 0.0357. The molecule has 1 N–H and O–H groups in total. The van der Waals surface area contributed by atoms with E-state index in [9.17, 15) is 4.39 Å². The van der Waals surface area contributed by atoms with Crippen molar-refractivity contribution in [3.63, 3.8) is 0 Å². The van der Waals surface area contributed by atoms with Crippen molar-refractivity contribution in [3.8, 4) is 11.5 Å². The van der Waals surface area contributed by atoms with Crippen molar-refractivity contribution in [2.24, 2.45) is 0 Å². The molecule has 1 aromatic carbocycles. The molecule has 0 radical (unpaired) electrons. The number of ether oxygens (including phenoxy) is 1. The number of phenols is 1. The SMILES string of the molecule is COc1c(O)ccc(F)c1C. The van der Waals surface area contributed by atoms with Gasteiger partial charge in [-0.05, 0) is 19.1 Å². The third-order valence-corrected chi connectivity index (χ3v) is 1.52. The van der Waals surface area contributed by atoms with Crippen LogP contribution in [-0.2, 0) is 0 Å². The molecule has 0 saturated carbocycles. The summed E-state index contributed by atoms with van der Waals surface area (Å²) in [5, 5.41) is 9.12. The molecular weight excluding hydrogens is 147 g/mol. The lowest BCUT2D eigenvalue weighted by atomic mass is 10.2. The first-order valence-corrected chi connectivity index (χ1v) is 3.19. The normalized spacial score (nSPS) is 9.73. The molecule has 0 amide bonds. The first-order valence-electron chi connectivity index (χ1n) is 3.19. The van der Waals surface area contributed by atoms with Gasteiger partial charge in [0.25, 0.3) is 0 Å². The summed E-state index contributed by atoms with van der Waals surface area (Å²) in [5.41, 5.74) is 0.326. The van der Waals surface area contributed by atoms with Crippen LogP contribution in [-0.4, -0.2) is 12.2 Å². The summed E-state index contributed by atoms with van der Waals surface area (Å²) in [6, 6.07) is 2.47. The Kier molecular flexibility index (Phi) is 1.98. The number of halogens is 1. The van der Waals surface area contributed by atoms with Crippen molar-refractivity contribution in [2.45, 2.75) is 6.92 Å². The molecule has 0 atom stereocenters. The van der Waals surface area contributed by atoms with Crippen LogP contribution in [0.25, 0.3) is 0 Å². The van der Waals surface area contributed by atoms with Gasteiger partial charge in [0.1, 0.15) is 5.82 Å². The standard InChI is InChI=1S/C8H9FO2/c1-5-6(9)3-4-7(10)8(5)11-2/h3-4,10H,1-2H3. The van der Waals surface area contributed by atoms with E-state index in [2.05, 4.69) is 0 Å². The first kappa shape index (κ1) is 7.85. The number of methoxy groups -OCH3 is 1. The monoisotopic (exact) mass is 156 g/mol.